The van der Waals surface area contributed by atoms with Crippen LogP contribution in [-0.2, 0) is 18.7 Å². The van der Waals surface area contributed by atoms with Gasteiger partial charge in [-0.2, -0.15) is 0 Å². The zero-order valence-electron chi connectivity index (χ0n) is 19.8. The molecule has 0 fully saturated rings. The predicted octanol–water partition coefficient (Wildman–Crippen LogP) is 5.14. The molecule has 8 nitrogen and oxygen atoms in total. The SMILES string of the molecule is CCCCCCCCCC=CC=CC=CC=CC=CC=CC(=O)N[C@@H](COP(=O)(O)O)C(=O)O. The maximum absolute atomic E-state index is 11.7. The number of carbonyl (C=O) groups excluding carboxylic acids is 1. The Morgan fingerprint density at radius 3 is 1.85 bits per heavy atom. The molecule has 0 aromatic carbocycles. The number of carbonyl (C=O) groups is 2. The second-order valence-electron chi connectivity index (χ2n) is 7.42. The van der Waals surface area contributed by atoms with E-state index in [0.29, 0.717) is 0 Å². The first kappa shape index (κ1) is 31.5. The third kappa shape index (κ3) is 22.7. The number of amides is 1. The van der Waals surface area contributed by atoms with Gasteiger partial charge >= 0.3 is 13.8 Å². The van der Waals surface area contributed by atoms with Crippen LogP contribution in [0.3, 0.4) is 0 Å². The largest absolute Gasteiger partial charge is 0.480 e. The van der Waals surface area contributed by atoms with Crippen molar-refractivity contribution in [2.24, 2.45) is 0 Å². The summed E-state index contributed by atoms with van der Waals surface area (Å²) in [6.07, 6.45) is 31.6. The van der Waals surface area contributed by atoms with E-state index in [1.165, 1.54) is 51.0 Å². The Hall–Kier alpha value is -2.51. The lowest BCUT2D eigenvalue weighted by atomic mass is 10.1. The van der Waals surface area contributed by atoms with Crippen LogP contribution < -0.4 is 5.32 Å². The van der Waals surface area contributed by atoms with Gasteiger partial charge < -0.3 is 20.2 Å². The molecule has 1 atom stereocenters. The fraction of sp³-hybridized carbons (Fsp3) is 0.440. The van der Waals surface area contributed by atoms with Crippen LogP contribution in [0, 0.1) is 0 Å². The molecule has 0 bridgehead atoms. The number of carboxylic acids is 1. The molecular formula is C25H38NO7P. The maximum atomic E-state index is 11.7. The Morgan fingerprint density at radius 2 is 1.32 bits per heavy atom. The zero-order valence-corrected chi connectivity index (χ0v) is 20.7. The van der Waals surface area contributed by atoms with Crippen molar-refractivity contribution in [2.75, 3.05) is 6.61 Å². The minimum Gasteiger partial charge on any atom is -0.480 e. The summed E-state index contributed by atoms with van der Waals surface area (Å²) in [6, 6.07) is -1.58. The van der Waals surface area contributed by atoms with E-state index in [2.05, 4.69) is 22.8 Å². The molecule has 0 aromatic heterocycles. The molecule has 0 aliphatic carbocycles. The number of phosphoric ester groups is 1. The topological polar surface area (TPSA) is 133 Å². The number of hydrogen-bond donors (Lipinski definition) is 4. The Labute approximate surface area is 202 Å². The summed E-state index contributed by atoms with van der Waals surface area (Å²) in [5, 5.41) is 11.0. The van der Waals surface area contributed by atoms with Gasteiger partial charge in [-0.25, -0.2) is 9.36 Å². The van der Waals surface area contributed by atoms with E-state index < -0.39 is 32.3 Å². The molecule has 0 aliphatic rings. The van der Waals surface area contributed by atoms with Gasteiger partial charge in [-0.1, -0.05) is 112 Å². The number of unbranched alkanes of at least 4 members (excludes halogenated alkanes) is 7. The second kappa shape index (κ2) is 21.1. The molecule has 0 aliphatic heterocycles. The summed E-state index contributed by atoms with van der Waals surface area (Å²) in [6.45, 7) is 1.38. The van der Waals surface area contributed by atoms with Gasteiger partial charge in [-0.15, -0.1) is 0 Å². The predicted molar refractivity (Wildman–Crippen MR) is 135 cm³/mol. The summed E-state index contributed by atoms with van der Waals surface area (Å²) in [5.41, 5.74) is 0. The summed E-state index contributed by atoms with van der Waals surface area (Å²) in [4.78, 5) is 39.9. The number of allylic oxidation sites excluding steroid dienone is 11. The Bertz CT molecular complexity index is 791. The molecule has 0 spiro atoms. The average Bonchev–Trinajstić information content (AvgIpc) is 2.77. The van der Waals surface area contributed by atoms with E-state index in [-0.39, 0.29) is 0 Å². The highest BCUT2D eigenvalue weighted by molar-refractivity contribution is 7.46. The minimum absolute atomic E-state index is 0.736. The highest BCUT2D eigenvalue weighted by atomic mass is 31.2. The van der Waals surface area contributed by atoms with Gasteiger partial charge in [0.05, 0.1) is 6.61 Å². The van der Waals surface area contributed by atoms with E-state index in [1.807, 2.05) is 36.5 Å². The van der Waals surface area contributed by atoms with Crippen molar-refractivity contribution in [3.63, 3.8) is 0 Å². The van der Waals surface area contributed by atoms with Crippen molar-refractivity contribution >= 4 is 19.7 Å². The first-order valence-electron chi connectivity index (χ1n) is 11.5. The van der Waals surface area contributed by atoms with Crippen molar-refractivity contribution in [3.05, 3.63) is 72.9 Å². The summed E-state index contributed by atoms with van der Waals surface area (Å²) >= 11 is 0. The van der Waals surface area contributed by atoms with Crippen LogP contribution >= 0.6 is 7.82 Å². The molecule has 0 saturated heterocycles. The molecule has 0 heterocycles. The van der Waals surface area contributed by atoms with E-state index in [0.717, 1.165) is 12.5 Å². The number of rotatable bonds is 19. The molecule has 0 radical (unpaired) electrons. The zero-order chi connectivity index (χ0) is 25.5. The van der Waals surface area contributed by atoms with E-state index in [4.69, 9.17) is 14.9 Å². The molecule has 0 unspecified atom stereocenters. The fourth-order valence-electron chi connectivity index (χ4n) is 2.62. The Kier molecular flexibility index (Phi) is 19.5. The van der Waals surface area contributed by atoms with Gasteiger partial charge in [0.2, 0.25) is 5.91 Å². The standard InChI is InChI=1S/C25H38NO7P/c1-2-3-4-5-6-7-8-9-10-11-12-13-14-15-16-17-18-19-20-21-24(27)26-23(25(28)29)22-33-34(30,31)32/h10-21,23H,2-9,22H2,1H3,(H,26,27)(H,28,29)(H2,30,31,32)/t23-/m0/s1. The molecule has 1 amide bonds. The van der Waals surface area contributed by atoms with Crippen molar-refractivity contribution in [1.29, 1.82) is 0 Å². The quantitative estimate of drug-likeness (QED) is 0.0843. The number of nitrogens with one attached hydrogen (secondary N) is 1. The van der Waals surface area contributed by atoms with Crippen molar-refractivity contribution < 1.29 is 33.6 Å². The van der Waals surface area contributed by atoms with Crippen molar-refractivity contribution in [2.45, 2.75) is 64.3 Å². The number of aliphatic carboxylic acids is 1. The molecular weight excluding hydrogens is 457 g/mol. The molecule has 0 saturated carbocycles. The number of carboxylic acid groups (broad SMARTS) is 1. The third-order valence-corrected chi connectivity index (χ3v) is 4.87. The lowest BCUT2D eigenvalue weighted by molar-refractivity contribution is -0.142. The average molecular weight is 496 g/mol. The van der Waals surface area contributed by atoms with Gasteiger partial charge in [0.1, 0.15) is 0 Å². The summed E-state index contributed by atoms with van der Waals surface area (Å²) < 4.78 is 14.7. The van der Waals surface area contributed by atoms with Crippen LogP contribution in [0.2, 0.25) is 0 Å². The minimum atomic E-state index is -4.82. The molecule has 190 valence electrons. The van der Waals surface area contributed by atoms with Gasteiger partial charge in [-0.05, 0) is 12.8 Å². The maximum Gasteiger partial charge on any atom is 0.469 e. The van der Waals surface area contributed by atoms with Crippen LogP contribution in [0.5, 0.6) is 0 Å². The monoisotopic (exact) mass is 495 g/mol. The Balaban J connectivity index is 4.05. The molecule has 0 aromatic rings. The van der Waals surface area contributed by atoms with Gasteiger partial charge in [-0.3, -0.25) is 9.32 Å². The van der Waals surface area contributed by atoms with Crippen LogP contribution in [0.4, 0.5) is 0 Å². The fourth-order valence-corrected chi connectivity index (χ4v) is 2.96. The number of phosphoric acid groups is 1. The van der Waals surface area contributed by atoms with Gasteiger partial charge in [0.25, 0.3) is 0 Å². The summed E-state index contributed by atoms with van der Waals surface area (Å²) in [7, 11) is -4.82. The van der Waals surface area contributed by atoms with E-state index in [1.54, 1.807) is 18.2 Å². The third-order valence-electron chi connectivity index (χ3n) is 4.38. The van der Waals surface area contributed by atoms with Gasteiger partial charge in [0, 0.05) is 6.08 Å². The van der Waals surface area contributed by atoms with Gasteiger partial charge in [0.15, 0.2) is 6.04 Å². The second-order valence-corrected chi connectivity index (χ2v) is 8.66. The van der Waals surface area contributed by atoms with Crippen molar-refractivity contribution in [1.82, 2.24) is 5.32 Å². The van der Waals surface area contributed by atoms with E-state index in [9.17, 15) is 14.2 Å². The van der Waals surface area contributed by atoms with Crippen LogP contribution in [0.1, 0.15) is 58.3 Å². The number of hydrogen-bond acceptors (Lipinski definition) is 4. The first-order chi connectivity index (χ1) is 16.3. The Morgan fingerprint density at radius 1 is 0.824 bits per heavy atom. The van der Waals surface area contributed by atoms with Crippen LogP contribution in [-0.4, -0.2) is 39.4 Å². The van der Waals surface area contributed by atoms with Crippen molar-refractivity contribution in [3.8, 4) is 0 Å². The lowest BCUT2D eigenvalue weighted by Gasteiger charge is -2.13. The molecule has 4 N–H and O–H groups in total. The highest BCUT2D eigenvalue weighted by Crippen LogP contribution is 2.35. The first-order valence-corrected chi connectivity index (χ1v) is 13.0. The smallest absolute Gasteiger partial charge is 0.469 e. The van der Waals surface area contributed by atoms with E-state index >= 15 is 0 Å². The lowest BCUT2D eigenvalue weighted by Crippen LogP contribution is -2.43. The molecule has 9 heteroatoms. The summed E-state index contributed by atoms with van der Waals surface area (Å²) in [5.74, 6) is -2.21. The van der Waals surface area contributed by atoms with Crippen LogP contribution in [0.15, 0.2) is 72.9 Å². The highest BCUT2D eigenvalue weighted by Gasteiger charge is 2.24. The molecule has 0 rings (SSSR count). The normalized spacial score (nSPS) is 14.0. The van der Waals surface area contributed by atoms with Crippen LogP contribution in [0.25, 0.3) is 0 Å². The molecule has 34 heavy (non-hydrogen) atoms.